The van der Waals surface area contributed by atoms with Gasteiger partial charge >= 0.3 is 18.7 Å². The van der Waals surface area contributed by atoms with Gasteiger partial charge in [-0.1, -0.05) is 44.5 Å². The van der Waals surface area contributed by atoms with E-state index in [2.05, 4.69) is 25.3 Å². The zero-order valence-electron chi connectivity index (χ0n) is 29.8. The number of aromatic nitrogens is 6. The highest BCUT2D eigenvalue weighted by molar-refractivity contribution is 6.33. The molecule has 0 radical (unpaired) electrons. The molecule has 19 heteroatoms. The van der Waals surface area contributed by atoms with Crippen LogP contribution in [-0.4, -0.2) is 65.3 Å². The van der Waals surface area contributed by atoms with E-state index in [1.165, 1.54) is 47.4 Å². The summed E-state index contributed by atoms with van der Waals surface area (Å²) < 4.78 is 90.7. The van der Waals surface area contributed by atoms with E-state index in [0.29, 0.717) is 10.4 Å². The van der Waals surface area contributed by atoms with Crippen LogP contribution in [0.4, 0.5) is 26.3 Å². The Labute approximate surface area is 315 Å². The molecule has 0 bridgehead atoms. The molecule has 0 spiro atoms. The first-order valence-corrected chi connectivity index (χ1v) is 17.8. The topological polar surface area (TPSA) is 146 Å². The van der Waals surface area contributed by atoms with Gasteiger partial charge < -0.3 is 10.5 Å². The van der Waals surface area contributed by atoms with Gasteiger partial charge in [-0.15, -0.1) is 0 Å². The van der Waals surface area contributed by atoms with Gasteiger partial charge in [0.15, 0.2) is 17.3 Å². The number of halogens is 7. The van der Waals surface area contributed by atoms with Crippen LogP contribution in [0.5, 0.6) is 0 Å². The Morgan fingerprint density at radius 1 is 1.07 bits per heavy atom. The van der Waals surface area contributed by atoms with Gasteiger partial charge in [0.05, 0.1) is 35.1 Å². The van der Waals surface area contributed by atoms with Crippen molar-refractivity contribution in [2.75, 3.05) is 6.61 Å². The lowest BCUT2D eigenvalue weighted by Gasteiger charge is -2.35. The van der Waals surface area contributed by atoms with Crippen molar-refractivity contribution in [3.05, 3.63) is 70.9 Å². The van der Waals surface area contributed by atoms with Crippen molar-refractivity contribution in [2.24, 2.45) is 21.6 Å². The van der Waals surface area contributed by atoms with Gasteiger partial charge in [-0.2, -0.15) is 46.7 Å². The molecule has 1 amide bonds. The Bertz CT molecular complexity index is 2170. The second-order valence-electron chi connectivity index (χ2n) is 15.4. The van der Waals surface area contributed by atoms with Crippen molar-refractivity contribution < 1.29 is 40.7 Å². The number of carbonyl (C=O) groups excluding carboxylic acids is 2. The first-order chi connectivity index (χ1) is 25.8. The Balaban J connectivity index is 1.28. The summed E-state index contributed by atoms with van der Waals surface area (Å²) in [6.07, 6.45) is -1.86. The highest BCUT2D eigenvalue weighted by atomic mass is 35.5. The zero-order valence-corrected chi connectivity index (χ0v) is 30.6. The highest BCUT2D eigenvalue weighted by Gasteiger charge is 2.64. The van der Waals surface area contributed by atoms with Crippen molar-refractivity contribution >= 4 is 29.4 Å². The minimum absolute atomic E-state index is 0.0106. The molecule has 2 aromatic heterocycles. The summed E-state index contributed by atoms with van der Waals surface area (Å²) in [4.78, 5) is 39.1. The van der Waals surface area contributed by atoms with Crippen molar-refractivity contribution in [3.8, 4) is 22.6 Å². The van der Waals surface area contributed by atoms with Crippen LogP contribution in [-0.2, 0) is 19.9 Å². The van der Waals surface area contributed by atoms with E-state index in [1.807, 2.05) is 20.8 Å². The number of benzene rings is 2. The average Bonchev–Trinajstić information content (AvgIpc) is 3.97. The summed E-state index contributed by atoms with van der Waals surface area (Å²) in [5, 5.41) is 12.2. The molecule has 3 heterocycles. The van der Waals surface area contributed by atoms with E-state index in [-0.39, 0.29) is 64.4 Å². The van der Waals surface area contributed by atoms with Gasteiger partial charge in [-0.05, 0) is 72.9 Å². The van der Waals surface area contributed by atoms with Gasteiger partial charge in [0.25, 0.3) is 5.91 Å². The summed E-state index contributed by atoms with van der Waals surface area (Å²) in [6.45, 7) is 1.71. The Morgan fingerprint density at radius 2 is 1.80 bits per heavy atom. The predicted molar refractivity (Wildman–Crippen MR) is 186 cm³/mol. The van der Waals surface area contributed by atoms with Crippen molar-refractivity contribution in [3.63, 3.8) is 0 Å². The molecule has 2 fully saturated rings. The average molecular weight is 792 g/mol. The number of amides is 1. The second kappa shape index (κ2) is 13.6. The number of alkyl halides is 5. The number of carbonyl (C=O) groups is 2. The lowest BCUT2D eigenvalue weighted by Crippen LogP contribution is -2.47. The van der Waals surface area contributed by atoms with Crippen molar-refractivity contribution in [1.29, 1.82) is 0 Å². The number of ether oxygens (including phenoxy) is 1. The van der Waals surface area contributed by atoms with Crippen LogP contribution in [0.15, 0.2) is 53.9 Å². The fraction of sp³-hybridized carbons (Fsp3) is 0.472. The summed E-state index contributed by atoms with van der Waals surface area (Å²) in [7, 11) is 0. The van der Waals surface area contributed by atoms with E-state index in [9.17, 15) is 31.5 Å². The first-order valence-electron chi connectivity index (χ1n) is 17.4. The molecule has 292 valence electrons. The van der Waals surface area contributed by atoms with Crippen LogP contribution in [0.3, 0.4) is 0 Å². The van der Waals surface area contributed by atoms with Crippen molar-refractivity contribution in [2.45, 2.75) is 89.6 Å². The maximum Gasteiger partial charge on any atom is 0.395 e. The molecule has 0 saturated heterocycles. The first kappa shape index (κ1) is 38.3. The van der Waals surface area contributed by atoms with Crippen LogP contribution in [0.25, 0.3) is 22.6 Å². The Morgan fingerprint density at radius 3 is 2.42 bits per heavy atom. The lowest BCUT2D eigenvalue weighted by atomic mass is 9.75. The lowest BCUT2D eigenvalue weighted by molar-refractivity contribution is -0.195. The molecule has 0 unspecified atom stereocenters. The molecule has 2 atom stereocenters. The number of esters is 1. The number of guanidine groups is 1. The molecule has 3 aliphatic rings. The molecule has 55 heavy (non-hydrogen) atoms. The summed E-state index contributed by atoms with van der Waals surface area (Å²) in [5.74, 6) is -3.33. The van der Waals surface area contributed by atoms with Gasteiger partial charge in [-0.3, -0.25) is 14.5 Å². The number of nitrogens with zero attached hydrogens (tertiary/aromatic N) is 8. The Kier molecular flexibility index (Phi) is 9.49. The number of aliphatic imine (C=N–C) groups is 1. The van der Waals surface area contributed by atoms with E-state index < -0.39 is 65.9 Å². The molecule has 2 saturated carbocycles. The van der Waals surface area contributed by atoms with Gasteiger partial charge in [-0.25, -0.2) is 14.4 Å². The van der Waals surface area contributed by atoms with Gasteiger partial charge in [0.2, 0.25) is 0 Å². The largest absolute Gasteiger partial charge is 0.463 e. The molecule has 2 aliphatic carbocycles. The smallest absolute Gasteiger partial charge is 0.395 e. The number of rotatable bonds is 12. The molecule has 1 aliphatic heterocycles. The normalized spacial score (nSPS) is 20.2. The van der Waals surface area contributed by atoms with Gasteiger partial charge in [0, 0.05) is 11.1 Å². The van der Waals surface area contributed by atoms with E-state index in [4.69, 9.17) is 22.1 Å². The van der Waals surface area contributed by atoms with E-state index in [1.54, 1.807) is 0 Å². The SMILES string of the molecule is CC(C)(C)C[C@]1(c2ccc(-c3cnn(C4CC4)n3)c(F)c2)N=C(N)N([C@H](COC(=O)CC2(C(F)(F)F)CC2)c2ccc(Cl)c(-c3ncnn3C(F)F)c2)C1=O. The third-order valence-electron chi connectivity index (χ3n) is 10.0. The van der Waals surface area contributed by atoms with Crippen molar-refractivity contribution in [1.82, 2.24) is 34.7 Å². The number of hydrogen-bond donors (Lipinski definition) is 1. The zero-order chi connectivity index (χ0) is 39.7. The fourth-order valence-electron chi connectivity index (χ4n) is 6.97. The maximum atomic E-state index is 16.0. The monoisotopic (exact) mass is 791 g/mol. The summed E-state index contributed by atoms with van der Waals surface area (Å²) >= 11 is 6.43. The second-order valence-corrected chi connectivity index (χ2v) is 15.8. The summed E-state index contributed by atoms with van der Waals surface area (Å²) in [5.41, 5.74) is 2.56. The van der Waals surface area contributed by atoms with Gasteiger partial charge in [0.1, 0.15) is 24.4 Å². The summed E-state index contributed by atoms with van der Waals surface area (Å²) in [6, 6.07) is 7.04. The van der Waals surface area contributed by atoms with Crippen LogP contribution in [0, 0.1) is 16.6 Å². The molecule has 7 rings (SSSR count). The number of nitrogens with two attached hydrogens (primary N) is 1. The molecule has 4 aromatic rings. The standard InChI is InChI=1S/C36H36ClF6N9O3/c1-33(2,3)17-35(20-5-8-22(25(38)13-20)26-15-46-52(49-26)21-6-7-21)30(54)50(32(44)48-35)27(16-55-28(53)14-34(10-11-34)36(41,42)43)19-4-9-24(37)23(12-19)29-45-18-47-51(29)31(39)40/h4-5,8-9,12-13,15,18,21,27,31H,6-7,10-11,14,16-17H2,1-3H3,(H2,44,48)/t27-,35-/m1/s1. The minimum atomic E-state index is -4.63. The van der Waals surface area contributed by atoms with E-state index in [0.717, 1.165) is 24.1 Å². The maximum absolute atomic E-state index is 16.0. The van der Waals surface area contributed by atoms with Crippen LogP contribution in [0.2, 0.25) is 5.02 Å². The quantitative estimate of drug-likeness (QED) is 0.115. The third kappa shape index (κ3) is 7.27. The van der Waals surface area contributed by atoms with Crippen LogP contribution >= 0.6 is 11.6 Å². The molecular formula is C36H36ClF6N9O3. The van der Waals surface area contributed by atoms with E-state index >= 15 is 4.39 Å². The third-order valence-corrected chi connectivity index (χ3v) is 10.4. The highest BCUT2D eigenvalue weighted by Crippen LogP contribution is 2.60. The fourth-order valence-corrected chi connectivity index (χ4v) is 7.17. The predicted octanol–water partition coefficient (Wildman–Crippen LogP) is 7.53. The number of hydrogen-bond acceptors (Lipinski definition) is 9. The minimum Gasteiger partial charge on any atom is -0.463 e. The molecule has 12 nitrogen and oxygen atoms in total. The molecular weight excluding hydrogens is 756 g/mol. The van der Waals surface area contributed by atoms with Crippen LogP contribution < -0.4 is 5.73 Å². The van der Waals surface area contributed by atoms with Crippen LogP contribution in [0.1, 0.15) is 89.1 Å². The Hall–Kier alpha value is -5.00. The molecule has 2 aromatic carbocycles. The molecule has 2 N–H and O–H groups in total.